The average molecular weight is 577 g/mol. The van der Waals surface area contributed by atoms with Gasteiger partial charge in [-0.2, -0.15) is 5.10 Å². The Morgan fingerprint density at radius 1 is 1.02 bits per heavy atom. The molecule has 1 fully saturated rings. The number of H-pyrrole nitrogens is 1. The normalized spacial score (nSPS) is 22.5. The van der Waals surface area contributed by atoms with Crippen molar-refractivity contribution in [2.45, 2.75) is 73.9 Å². The summed E-state index contributed by atoms with van der Waals surface area (Å²) in [6.07, 6.45) is 2.44. The Morgan fingerprint density at radius 3 is 2.40 bits per heavy atom. The predicted octanol–water partition coefficient (Wildman–Crippen LogP) is 6.19. The van der Waals surface area contributed by atoms with Crippen LogP contribution in [-0.2, 0) is 4.79 Å². The van der Waals surface area contributed by atoms with Crippen LogP contribution in [0.15, 0.2) is 53.9 Å². The number of rotatable bonds is 5. The van der Waals surface area contributed by atoms with Crippen molar-refractivity contribution in [2.24, 2.45) is 16.7 Å². The quantitative estimate of drug-likeness (QED) is 0.248. The van der Waals surface area contributed by atoms with Gasteiger partial charge in [-0.3, -0.25) is 14.7 Å². The second-order valence-corrected chi connectivity index (χ2v) is 12.0. The van der Waals surface area contributed by atoms with E-state index in [1.54, 1.807) is 31.3 Å². The van der Waals surface area contributed by atoms with Crippen LogP contribution >= 0.6 is 0 Å². The number of carbonyl (C=O) groups excluding carboxylic acids is 3. The number of hydrogen-bond donors (Lipinski definition) is 5. The van der Waals surface area contributed by atoms with Gasteiger partial charge in [-0.25, -0.2) is 9.18 Å². The predicted molar refractivity (Wildman–Crippen MR) is 162 cm³/mol. The van der Waals surface area contributed by atoms with Crippen LogP contribution in [0.25, 0.3) is 10.9 Å². The van der Waals surface area contributed by atoms with E-state index in [4.69, 9.17) is 0 Å². The molecular weight excluding hydrogens is 535 g/mol. The minimum absolute atomic E-state index is 0.0164. The molecule has 9 nitrogen and oxygen atoms in total. The van der Waals surface area contributed by atoms with Crippen LogP contribution in [-0.4, -0.2) is 34.1 Å². The van der Waals surface area contributed by atoms with E-state index in [1.165, 1.54) is 18.2 Å². The lowest BCUT2D eigenvalue weighted by Gasteiger charge is -2.41. The molecule has 4 amide bonds. The maximum atomic E-state index is 15.0. The number of carbonyl (C=O) groups is 3. The number of aromatic nitrogens is 2. The van der Waals surface area contributed by atoms with Gasteiger partial charge in [0, 0.05) is 22.8 Å². The van der Waals surface area contributed by atoms with Gasteiger partial charge in [-0.15, -0.1) is 0 Å². The average Bonchev–Trinajstić information content (AvgIpc) is 3.46. The number of halogens is 1. The van der Waals surface area contributed by atoms with Gasteiger partial charge in [0.1, 0.15) is 5.82 Å². The first kappa shape index (κ1) is 30.7. The van der Waals surface area contributed by atoms with Crippen molar-refractivity contribution in [1.82, 2.24) is 26.1 Å². The van der Waals surface area contributed by atoms with E-state index in [1.807, 2.05) is 13.8 Å². The van der Waals surface area contributed by atoms with Gasteiger partial charge in [0.2, 0.25) is 0 Å². The fourth-order valence-corrected chi connectivity index (χ4v) is 5.86. The molecule has 5 rings (SSSR count). The lowest BCUT2D eigenvalue weighted by atomic mass is 9.66. The Bertz CT molecular complexity index is 1560. The van der Waals surface area contributed by atoms with Crippen molar-refractivity contribution < 1.29 is 18.8 Å². The minimum Gasteiger partial charge on any atom is -0.349 e. The number of anilines is 1. The Hall–Kier alpha value is -4.21. The number of benzene rings is 2. The van der Waals surface area contributed by atoms with Crippen molar-refractivity contribution in [3.8, 4) is 0 Å². The van der Waals surface area contributed by atoms with E-state index in [0.717, 1.165) is 17.3 Å². The first-order valence-corrected chi connectivity index (χ1v) is 14.4. The number of amides is 4. The maximum absolute atomic E-state index is 15.0. The molecule has 3 atom stereocenters. The fraction of sp³-hybridized carbons (Fsp3) is 0.438. The number of aromatic amines is 1. The van der Waals surface area contributed by atoms with Crippen LogP contribution in [0.2, 0.25) is 0 Å². The number of urea groups is 1. The van der Waals surface area contributed by atoms with E-state index in [9.17, 15) is 14.4 Å². The number of nitrogens with one attached hydrogen (secondary N) is 5. The minimum atomic E-state index is -0.902. The summed E-state index contributed by atoms with van der Waals surface area (Å²) in [4.78, 5) is 39.3. The van der Waals surface area contributed by atoms with E-state index in [2.05, 4.69) is 66.1 Å². The van der Waals surface area contributed by atoms with Gasteiger partial charge in [0.25, 0.3) is 11.8 Å². The molecule has 0 spiro atoms. The van der Waals surface area contributed by atoms with Crippen molar-refractivity contribution in [3.05, 3.63) is 70.8 Å². The van der Waals surface area contributed by atoms with Gasteiger partial charge in [0.05, 0.1) is 28.9 Å². The summed E-state index contributed by atoms with van der Waals surface area (Å²) < 4.78 is 15.0. The SMILES string of the molecule is CC.CC1=C(C(=O)Nc2ccc3[nH]ncc3c2)C(c2ccc(F)c(C(=O)NC3CC(C)C(C)(C)C3(C)C)c2)NC(=O)N1. The highest BCUT2D eigenvalue weighted by atomic mass is 19.1. The van der Waals surface area contributed by atoms with E-state index >= 15 is 4.39 Å². The van der Waals surface area contributed by atoms with Crippen LogP contribution in [0.1, 0.15) is 83.8 Å². The highest BCUT2D eigenvalue weighted by Gasteiger charge is 2.53. The molecule has 2 aromatic carbocycles. The van der Waals surface area contributed by atoms with Gasteiger partial charge < -0.3 is 21.3 Å². The van der Waals surface area contributed by atoms with Gasteiger partial charge in [0.15, 0.2) is 0 Å². The van der Waals surface area contributed by atoms with Crippen LogP contribution in [0, 0.1) is 22.6 Å². The second kappa shape index (κ2) is 11.6. The van der Waals surface area contributed by atoms with Crippen LogP contribution < -0.4 is 21.3 Å². The van der Waals surface area contributed by atoms with Gasteiger partial charge in [-0.1, -0.05) is 54.5 Å². The largest absolute Gasteiger partial charge is 0.349 e. The standard InChI is InChI=1S/C30H35FN6O3.C2H6/c1-15-11-23(30(5,6)29(15,3)4)35-26(38)20-13-17(7-9-21(20)31)25-24(16(2)33-28(40)36-25)27(39)34-19-8-10-22-18(12-19)14-32-37-22;1-2/h7-10,12-15,23,25H,11H2,1-6H3,(H,32,37)(H,34,39)(H,35,38)(H2,33,36,40);1-2H3. The first-order chi connectivity index (χ1) is 19.8. The lowest BCUT2D eigenvalue weighted by molar-refractivity contribution is -0.113. The molecule has 0 radical (unpaired) electrons. The van der Waals surface area contributed by atoms with Gasteiger partial charge >= 0.3 is 6.03 Å². The summed E-state index contributed by atoms with van der Waals surface area (Å²) in [5, 5.41) is 19.0. The zero-order chi connectivity index (χ0) is 31.0. The molecule has 42 heavy (non-hydrogen) atoms. The Balaban J connectivity index is 0.00000198. The summed E-state index contributed by atoms with van der Waals surface area (Å²) in [5.41, 5.74) is 2.03. The zero-order valence-electron chi connectivity index (χ0n) is 25.5. The zero-order valence-corrected chi connectivity index (χ0v) is 25.5. The highest BCUT2D eigenvalue weighted by molar-refractivity contribution is 6.07. The molecule has 1 aliphatic heterocycles. The summed E-state index contributed by atoms with van der Waals surface area (Å²) in [7, 11) is 0. The van der Waals surface area contributed by atoms with E-state index in [-0.39, 0.29) is 28.0 Å². The molecule has 3 aromatic rings. The molecule has 0 saturated heterocycles. The van der Waals surface area contributed by atoms with Gasteiger partial charge in [-0.05, 0) is 66.0 Å². The maximum Gasteiger partial charge on any atom is 0.319 e. The Morgan fingerprint density at radius 2 is 1.74 bits per heavy atom. The molecule has 1 saturated carbocycles. The molecule has 5 N–H and O–H groups in total. The van der Waals surface area contributed by atoms with E-state index in [0.29, 0.717) is 22.9 Å². The molecule has 1 aromatic heterocycles. The third-order valence-electron chi connectivity index (χ3n) is 9.44. The highest BCUT2D eigenvalue weighted by Crippen LogP contribution is 2.55. The third-order valence-corrected chi connectivity index (χ3v) is 9.44. The Labute approximate surface area is 246 Å². The van der Waals surface area contributed by atoms with Crippen LogP contribution in [0.3, 0.4) is 0 Å². The number of nitrogens with zero attached hydrogens (tertiary/aromatic N) is 1. The van der Waals surface area contributed by atoms with Crippen molar-refractivity contribution >= 4 is 34.4 Å². The summed E-state index contributed by atoms with van der Waals surface area (Å²) >= 11 is 0. The molecule has 1 aliphatic carbocycles. The van der Waals surface area contributed by atoms with Crippen LogP contribution in [0.5, 0.6) is 0 Å². The van der Waals surface area contributed by atoms with Crippen molar-refractivity contribution in [1.29, 1.82) is 0 Å². The molecular formula is C32H41FN6O3. The second-order valence-electron chi connectivity index (χ2n) is 12.0. The molecule has 0 bridgehead atoms. The molecule has 2 heterocycles. The summed E-state index contributed by atoms with van der Waals surface area (Å²) in [6, 6.07) is 7.87. The fourth-order valence-electron chi connectivity index (χ4n) is 5.86. The summed E-state index contributed by atoms with van der Waals surface area (Å²) in [5.74, 6) is -1.28. The smallest absolute Gasteiger partial charge is 0.319 e. The monoisotopic (exact) mass is 576 g/mol. The van der Waals surface area contributed by atoms with Crippen molar-refractivity contribution in [3.63, 3.8) is 0 Å². The topological polar surface area (TPSA) is 128 Å². The molecule has 2 aliphatic rings. The lowest BCUT2D eigenvalue weighted by Crippen LogP contribution is -2.47. The number of hydrogen-bond acceptors (Lipinski definition) is 4. The number of allylic oxidation sites excluding steroid dienone is 1. The molecule has 10 heteroatoms. The first-order valence-electron chi connectivity index (χ1n) is 14.4. The van der Waals surface area contributed by atoms with E-state index < -0.39 is 29.7 Å². The molecule has 224 valence electrons. The van der Waals surface area contributed by atoms with Crippen molar-refractivity contribution in [2.75, 3.05) is 5.32 Å². The molecule has 3 unspecified atom stereocenters. The summed E-state index contributed by atoms with van der Waals surface area (Å²) in [6.45, 7) is 16.4. The number of fused-ring (bicyclic) bond motifs is 1. The Kier molecular flexibility index (Phi) is 8.48. The third kappa shape index (κ3) is 5.49. The van der Waals surface area contributed by atoms with Crippen LogP contribution in [0.4, 0.5) is 14.9 Å².